The molecule has 0 aliphatic carbocycles. The molecule has 0 radical (unpaired) electrons. The van der Waals surface area contributed by atoms with E-state index < -0.39 is 12.8 Å². The quantitative estimate of drug-likeness (QED) is 0.653. The number of amides is 2. The maximum Gasteiger partial charge on any atom is 0.411 e. The van der Waals surface area contributed by atoms with E-state index in [1.54, 1.807) is 17.0 Å². The van der Waals surface area contributed by atoms with Crippen molar-refractivity contribution in [3.05, 3.63) is 33.8 Å². The minimum Gasteiger partial charge on any atom is -0.372 e. The van der Waals surface area contributed by atoms with Gasteiger partial charge in [0.25, 0.3) is 5.91 Å². The van der Waals surface area contributed by atoms with Crippen molar-refractivity contribution in [1.82, 2.24) is 10.2 Å². The second kappa shape index (κ2) is 10.3. The Kier molecular flexibility index (Phi) is 8.39. The molecule has 2 rings (SSSR count). The van der Waals surface area contributed by atoms with Gasteiger partial charge in [0.2, 0.25) is 5.91 Å². The van der Waals surface area contributed by atoms with Crippen molar-refractivity contribution >= 4 is 35.0 Å². The van der Waals surface area contributed by atoms with E-state index >= 15 is 0 Å². The molecule has 156 valence electrons. The Balaban J connectivity index is 1.78. The standard InChI is InChI=1S/C18H21Cl2F3N2O3/c19-14-5-4-12(9-15(14)20)17(27)25-7-1-3-13(10-25)16(26)24-6-2-8-28-11-18(21,22)23/h4-5,9,13H,1-3,6-8,10-11H2,(H,24,26). The number of carbonyl (C=O) groups excluding carboxylic acids is 2. The van der Waals surface area contributed by atoms with Crippen LogP contribution in [0.15, 0.2) is 18.2 Å². The number of piperidine rings is 1. The van der Waals surface area contributed by atoms with Gasteiger partial charge in [0.15, 0.2) is 0 Å². The summed E-state index contributed by atoms with van der Waals surface area (Å²) in [7, 11) is 0. The Morgan fingerprint density at radius 1 is 1.25 bits per heavy atom. The molecule has 0 bridgehead atoms. The SMILES string of the molecule is O=C(NCCCOCC(F)(F)F)C1CCCN(C(=O)c2ccc(Cl)c(Cl)c2)C1. The minimum absolute atomic E-state index is 0.0909. The van der Waals surface area contributed by atoms with E-state index in [1.807, 2.05) is 0 Å². The fourth-order valence-corrected chi connectivity index (χ4v) is 3.20. The van der Waals surface area contributed by atoms with Gasteiger partial charge in [0.1, 0.15) is 6.61 Å². The second-order valence-corrected chi connectivity index (χ2v) is 7.35. The molecule has 28 heavy (non-hydrogen) atoms. The maximum atomic E-state index is 12.6. The molecule has 1 aromatic rings. The molecule has 0 saturated carbocycles. The Morgan fingerprint density at radius 3 is 2.68 bits per heavy atom. The molecule has 1 atom stereocenters. The number of nitrogens with one attached hydrogen (secondary N) is 1. The molecule has 1 N–H and O–H groups in total. The van der Waals surface area contributed by atoms with Gasteiger partial charge in [-0.15, -0.1) is 0 Å². The zero-order chi connectivity index (χ0) is 20.7. The Labute approximate surface area is 171 Å². The van der Waals surface area contributed by atoms with E-state index in [4.69, 9.17) is 23.2 Å². The van der Waals surface area contributed by atoms with Crippen LogP contribution < -0.4 is 5.32 Å². The zero-order valence-corrected chi connectivity index (χ0v) is 16.5. The number of carbonyl (C=O) groups is 2. The van der Waals surface area contributed by atoms with Crippen molar-refractivity contribution in [2.75, 3.05) is 32.8 Å². The first-order valence-electron chi connectivity index (χ1n) is 8.84. The third kappa shape index (κ3) is 7.14. The van der Waals surface area contributed by atoms with Crippen molar-refractivity contribution in [1.29, 1.82) is 0 Å². The summed E-state index contributed by atoms with van der Waals surface area (Å²) in [6, 6.07) is 4.63. The summed E-state index contributed by atoms with van der Waals surface area (Å²) in [6.45, 7) is -0.362. The van der Waals surface area contributed by atoms with Crippen LogP contribution in [0.4, 0.5) is 13.2 Å². The van der Waals surface area contributed by atoms with Crippen molar-refractivity contribution in [3.63, 3.8) is 0 Å². The lowest BCUT2D eigenvalue weighted by Crippen LogP contribution is -2.45. The first-order valence-corrected chi connectivity index (χ1v) is 9.59. The highest BCUT2D eigenvalue weighted by Gasteiger charge is 2.29. The Bertz CT molecular complexity index is 701. The van der Waals surface area contributed by atoms with Crippen LogP contribution in [0.25, 0.3) is 0 Å². The van der Waals surface area contributed by atoms with Gasteiger partial charge in [-0.1, -0.05) is 23.2 Å². The highest BCUT2D eigenvalue weighted by Crippen LogP contribution is 2.25. The summed E-state index contributed by atoms with van der Waals surface area (Å²) >= 11 is 11.8. The van der Waals surface area contributed by atoms with Crippen LogP contribution in [-0.4, -0.2) is 55.7 Å². The average molecular weight is 441 g/mol. The lowest BCUT2D eigenvalue weighted by molar-refractivity contribution is -0.174. The molecule has 1 saturated heterocycles. The van der Waals surface area contributed by atoms with Gasteiger partial charge in [-0.25, -0.2) is 0 Å². The molecule has 10 heteroatoms. The number of hydrogen-bond donors (Lipinski definition) is 1. The summed E-state index contributed by atoms with van der Waals surface area (Å²) in [5, 5.41) is 3.33. The highest BCUT2D eigenvalue weighted by molar-refractivity contribution is 6.42. The van der Waals surface area contributed by atoms with Crippen LogP contribution >= 0.6 is 23.2 Å². The van der Waals surface area contributed by atoms with Gasteiger partial charge < -0.3 is 15.0 Å². The van der Waals surface area contributed by atoms with E-state index in [9.17, 15) is 22.8 Å². The first-order chi connectivity index (χ1) is 13.2. The van der Waals surface area contributed by atoms with Gasteiger partial charge in [-0.2, -0.15) is 13.2 Å². The lowest BCUT2D eigenvalue weighted by Gasteiger charge is -2.32. The molecule has 2 amide bonds. The molecular formula is C18H21Cl2F3N2O3. The van der Waals surface area contributed by atoms with Gasteiger partial charge in [0, 0.05) is 31.8 Å². The number of likely N-dealkylation sites (tertiary alicyclic amines) is 1. The summed E-state index contributed by atoms with van der Waals surface area (Å²) < 4.78 is 40.4. The molecule has 1 aromatic carbocycles. The van der Waals surface area contributed by atoms with E-state index in [0.717, 1.165) is 0 Å². The highest BCUT2D eigenvalue weighted by atomic mass is 35.5. The van der Waals surface area contributed by atoms with Crippen molar-refractivity contribution < 1.29 is 27.5 Å². The molecule has 0 spiro atoms. The fraction of sp³-hybridized carbons (Fsp3) is 0.556. The number of alkyl halides is 3. The van der Waals surface area contributed by atoms with Crippen molar-refractivity contribution in [3.8, 4) is 0 Å². The molecule has 5 nitrogen and oxygen atoms in total. The Morgan fingerprint density at radius 2 is 2.00 bits per heavy atom. The van der Waals surface area contributed by atoms with Crippen LogP contribution in [0.5, 0.6) is 0 Å². The summed E-state index contributed by atoms with van der Waals surface area (Å²) in [6.07, 6.45) is -2.75. The summed E-state index contributed by atoms with van der Waals surface area (Å²) in [5.41, 5.74) is 0.400. The lowest BCUT2D eigenvalue weighted by atomic mass is 9.96. The average Bonchev–Trinajstić information content (AvgIpc) is 2.65. The van der Waals surface area contributed by atoms with Gasteiger partial charge >= 0.3 is 6.18 Å². The third-order valence-electron chi connectivity index (χ3n) is 4.28. The van der Waals surface area contributed by atoms with E-state index in [0.29, 0.717) is 30.0 Å². The largest absolute Gasteiger partial charge is 0.411 e. The Hall–Kier alpha value is -1.51. The van der Waals surface area contributed by atoms with E-state index in [2.05, 4.69) is 10.1 Å². The molecule has 1 heterocycles. The molecular weight excluding hydrogens is 420 g/mol. The third-order valence-corrected chi connectivity index (χ3v) is 5.02. The minimum atomic E-state index is -4.35. The van der Waals surface area contributed by atoms with E-state index in [-0.39, 0.29) is 48.9 Å². The second-order valence-electron chi connectivity index (χ2n) is 6.53. The smallest absolute Gasteiger partial charge is 0.372 e. The van der Waals surface area contributed by atoms with Gasteiger partial charge in [0.05, 0.1) is 16.0 Å². The molecule has 1 aliphatic heterocycles. The van der Waals surface area contributed by atoms with Crippen LogP contribution in [0.3, 0.4) is 0 Å². The number of rotatable bonds is 7. The molecule has 1 unspecified atom stereocenters. The van der Waals surface area contributed by atoms with Crippen LogP contribution in [0.1, 0.15) is 29.6 Å². The van der Waals surface area contributed by atoms with Crippen LogP contribution in [0, 0.1) is 5.92 Å². The predicted molar refractivity (Wildman–Crippen MR) is 99.6 cm³/mol. The fourth-order valence-electron chi connectivity index (χ4n) is 2.91. The van der Waals surface area contributed by atoms with Crippen molar-refractivity contribution in [2.45, 2.75) is 25.4 Å². The number of nitrogens with zero attached hydrogens (tertiary/aromatic N) is 1. The summed E-state index contributed by atoms with van der Waals surface area (Å²) in [5.74, 6) is -0.810. The molecule has 1 aliphatic rings. The van der Waals surface area contributed by atoms with Crippen LogP contribution in [-0.2, 0) is 9.53 Å². The van der Waals surface area contributed by atoms with Crippen LogP contribution in [0.2, 0.25) is 10.0 Å². The monoisotopic (exact) mass is 440 g/mol. The first kappa shape index (κ1) is 22.8. The predicted octanol–water partition coefficient (Wildman–Crippen LogP) is 3.93. The van der Waals surface area contributed by atoms with E-state index in [1.165, 1.54) is 6.07 Å². The maximum absolute atomic E-state index is 12.6. The number of ether oxygens (including phenoxy) is 1. The normalized spacial score (nSPS) is 17.5. The molecule has 0 aromatic heterocycles. The zero-order valence-electron chi connectivity index (χ0n) is 15.0. The molecule has 1 fully saturated rings. The van der Waals surface area contributed by atoms with Crippen molar-refractivity contribution in [2.24, 2.45) is 5.92 Å². The summed E-state index contributed by atoms with van der Waals surface area (Å²) in [4.78, 5) is 26.5. The number of halogens is 5. The number of benzene rings is 1. The van der Waals surface area contributed by atoms with Gasteiger partial charge in [-0.3, -0.25) is 9.59 Å². The number of hydrogen-bond acceptors (Lipinski definition) is 3. The topological polar surface area (TPSA) is 58.6 Å². The van der Waals surface area contributed by atoms with Gasteiger partial charge in [-0.05, 0) is 37.5 Å².